The average Bonchev–Trinajstić information content (AvgIpc) is 2.46. The van der Waals surface area contributed by atoms with Crippen molar-refractivity contribution in [1.82, 2.24) is 0 Å². The van der Waals surface area contributed by atoms with Gasteiger partial charge in [0.25, 0.3) is 0 Å². The number of hydrogen-bond acceptors (Lipinski definition) is 4. The third-order valence-electron chi connectivity index (χ3n) is 3.03. The molecule has 6 heteroatoms. The number of rotatable bonds is 4. The van der Waals surface area contributed by atoms with Gasteiger partial charge in [0.05, 0.1) is 17.6 Å². The number of carboxylic acids is 1. The first-order valence-electron chi connectivity index (χ1n) is 6.09. The lowest BCUT2D eigenvalue weighted by atomic mass is 10.2. The van der Waals surface area contributed by atoms with Crippen LogP contribution in [0, 0.1) is 6.92 Å². The number of ether oxygens (including phenoxy) is 1. The largest absolute Gasteiger partial charge is 0.495 e. The summed E-state index contributed by atoms with van der Waals surface area (Å²) in [5.74, 6) is -1.14. The SMILES string of the molecule is COc1cc(C(=O)O)ccc1S(=O)(=O)c1ccc(C)cc1. The van der Waals surface area contributed by atoms with Gasteiger partial charge in [-0.15, -0.1) is 0 Å². The van der Waals surface area contributed by atoms with Crippen LogP contribution in [0.3, 0.4) is 0 Å². The molecule has 0 spiro atoms. The number of aromatic carboxylic acids is 1. The van der Waals surface area contributed by atoms with E-state index in [-0.39, 0.29) is 21.1 Å². The number of methoxy groups -OCH3 is 1. The maximum absolute atomic E-state index is 12.6. The molecule has 0 saturated heterocycles. The normalized spacial score (nSPS) is 11.1. The fourth-order valence-corrected chi connectivity index (χ4v) is 3.27. The van der Waals surface area contributed by atoms with Crippen LogP contribution in [0.25, 0.3) is 0 Å². The van der Waals surface area contributed by atoms with Gasteiger partial charge < -0.3 is 9.84 Å². The number of hydrogen-bond donors (Lipinski definition) is 1. The molecule has 0 fully saturated rings. The van der Waals surface area contributed by atoms with Crippen molar-refractivity contribution >= 4 is 15.8 Å². The van der Waals surface area contributed by atoms with E-state index in [9.17, 15) is 13.2 Å². The van der Waals surface area contributed by atoms with Gasteiger partial charge in [0, 0.05) is 0 Å². The van der Waals surface area contributed by atoms with Gasteiger partial charge in [-0.3, -0.25) is 0 Å². The smallest absolute Gasteiger partial charge is 0.335 e. The summed E-state index contributed by atoms with van der Waals surface area (Å²) in [6.45, 7) is 1.86. The molecule has 0 saturated carbocycles. The first-order chi connectivity index (χ1) is 9.86. The highest BCUT2D eigenvalue weighted by atomic mass is 32.2. The quantitative estimate of drug-likeness (QED) is 0.938. The molecular formula is C15H14O5S. The van der Waals surface area contributed by atoms with Crippen LogP contribution in [0.4, 0.5) is 0 Å². The average molecular weight is 306 g/mol. The monoisotopic (exact) mass is 306 g/mol. The Morgan fingerprint density at radius 2 is 1.71 bits per heavy atom. The summed E-state index contributed by atoms with van der Waals surface area (Å²) in [7, 11) is -2.46. The number of aryl methyl sites for hydroxylation is 1. The third kappa shape index (κ3) is 2.90. The summed E-state index contributed by atoms with van der Waals surface area (Å²) >= 11 is 0. The van der Waals surface area contributed by atoms with Crippen LogP contribution in [0.2, 0.25) is 0 Å². The first-order valence-corrected chi connectivity index (χ1v) is 7.57. The maximum atomic E-state index is 12.6. The highest BCUT2D eigenvalue weighted by molar-refractivity contribution is 7.91. The van der Waals surface area contributed by atoms with Crippen LogP contribution in [-0.2, 0) is 9.84 Å². The second-order valence-corrected chi connectivity index (χ2v) is 6.41. The minimum atomic E-state index is -3.76. The van der Waals surface area contributed by atoms with Gasteiger partial charge in [0.2, 0.25) is 9.84 Å². The Morgan fingerprint density at radius 1 is 1.10 bits per heavy atom. The molecule has 1 N–H and O–H groups in total. The van der Waals surface area contributed by atoms with E-state index in [4.69, 9.17) is 9.84 Å². The zero-order valence-electron chi connectivity index (χ0n) is 11.5. The van der Waals surface area contributed by atoms with Crippen molar-refractivity contribution in [2.24, 2.45) is 0 Å². The summed E-state index contributed by atoms with van der Waals surface area (Å²) in [4.78, 5) is 11.0. The van der Waals surface area contributed by atoms with Gasteiger partial charge in [-0.25, -0.2) is 13.2 Å². The Balaban J connectivity index is 2.59. The molecule has 0 amide bonds. The zero-order valence-corrected chi connectivity index (χ0v) is 12.3. The molecule has 2 aromatic rings. The van der Waals surface area contributed by atoms with Crippen LogP contribution in [0.15, 0.2) is 52.3 Å². The molecule has 5 nitrogen and oxygen atoms in total. The van der Waals surface area contributed by atoms with Crippen molar-refractivity contribution in [3.8, 4) is 5.75 Å². The van der Waals surface area contributed by atoms with Crippen LogP contribution < -0.4 is 4.74 Å². The summed E-state index contributed by atoms with van der Waals surface area (Å²) in [5, 5.41) is 8.94. The molecule has 0 aliphatic heterocycles. The van der Waals surface area contributed by atoms with Crippen molar-refractivity contribution in [3.63, 3.8) is 0 Å². The highest BCUT2D eigenvalue weighted by Gasteiger charge is 2.23. The first kappa shape index (κ1) is 15.1. The Hall–Kier alpha value is -2.34. The minimum Gasteiger partial charge on any atom is -0.495 e. The van der Waals surface area contributed by atoms with E-state index < -0.39 is 15.8 Å². The van der Waals surface area contributed by atoms with Crippen LogP contribution in [0.5, 0.6) is 5.75 Å². The second kappa shape index (κ2) is 5.57. The fraction of sp³-hybridized carbons (Fsp3) is 0.133. The van der Waals surface area contributed by atoms with Crippen molar-refractivity contribution in [2.75, 3.05) is 7.11 Å². The van der Waals surface area contributed by atoms with E-state index in [1.54, 1.807) is 12.1 Å². The lowest BCUT2D eigenvalue weighted by molar-refractivity contribution is 0.0696. The van der Waals surface area contributed by atoms with E-state index in [0.717, 1.165) is 5.56 Å². The van der Waals surface area contributed by atoms with Gasteiger partial charge in [0.1, 0.15) is 10.6 Å². The number of carbonyl (C=O) groups is 1. The molecule has 0 aromatic heterocycles. The predicted octanol–water partition coefficient (Wildman–Crippen LogP) is 2.53. The van der Waals surface area contributed by atoms with E-state index in [2.05, 4.69) is 0 Å². The molecule has 0 radical (unpaired) electrons. The van der Waals surface area contributed by atoms with Crippen molar-refractivity contribution < 1.29 is 23.1 Å². The van der Waals surface area contributed by atoms with Crippen LogP contribution in [-0.4, -0.2) is 26.6 Å². The van der Waals surface area contributed by atoms with Crippen LogP contribution in [0.1, 0.15) is 15.9 Å². The molecule has 0 bridgehead atoms. The molecule has 21 heavy (non-hydrogen) atoms. The Bertz CT molecular complexity index is 776. The standard InChI is InChI=1S/C15H14O5S/c1-10-3-6-12(7-4-10)21(18,19)14-8-5-11(15(16)17)9-13(14)20-2/h3-9H,1-2H3,(H,16,17). The Labute approximate surface area is 122 Å². The summed E-state index contributed by atoms with van der Waals surface area (Å²) in [5.41, 5.74) is 0.914. The summed E-state index contributed by atoms with van der Waals surface area (Å²) in [6, 6.07) is 10.1. The van der Waals surface area contributed by atoms with Gasteiger partial charge in [-0.2, -0.15) is 0 Å². The summed E-state index contributed by atoms with van der Waals surface area (Å²) in [6.07, 6.45) is 0. The topological polar surface area (TPSA) is 80.7 Å². The third-order valence-corrected chi connectivity index (χ3v) is 4.84. The summed E-state index contributed by atoms with van der Waals surface area (Å²) < 4.78 is 30.2. The Morgan fingerprint density at radius 3 is 2.24 bits per heavy atom. The minimum absolute atomic E-state index is 0.00970. The van der Waals surface area contributed by atoms with Crippen LogP contribution >= 0.6 is 0 Å². The number of carboxylic acid groups (broad SMARTS) is 1. The van der Waals surface area contributed by atoms with Crippen molar-refractivity contribution in [1.29, 1.82) is 0 Å². The van der Waals surface area contributed by atoms with Crippen molar-refractivity contribution in [2.45, 2.75) is 16.7 Å². The molecule has 2 rings (SSSR count). The number of sulfone groups is 1. The fourth-order valence-electron chi connectivity index (χ4n) is 1.87. The Kier molecular flexibility index (Phi) is 3.99. The maximum Gasteiger partial charge on any atom is 0.335 e. The van der Waals surface area contributed by atoms with E-state index in [1.807, 2.05) is 6.92 Å². The molecule has 0 unspecified atom stereocenters. The molecule has 0 heterocycles. The molecule has 0 aliphatic rings. The molecular weight excluding hydrogens is 292 g/mol. The van der Waals surface area contributed by atoms with Gasteiger partial charge in [-0.05, 0) is 37.3 Å². The zero-order chi connectivity index (χ0) is 15.6. The molecule has 0 aliphatic carbocycles. The molecule has 0 atom stereocenters. The lowest BCUT2D eigenvalue weighted by Crippen LogP contribution is -2.06. The lowest BCUT2D eigenvalue weighted by Gasteiger charge is -2.10. The predicted molar refractivity (Wildman–Crippen MR) is 76.6 cm³/mol. The highest BCUT2D eigenvalue weighted by Crippen LogP contribution is 2.30. The van der Waals surface area contributed by atoms with Gasteiger partial charge in [0.15, 0.2) is 0 Å². The van der Waals surface area contributed by atoms with Crippen molar-refractivity contribution in [3.05, 3.63) is 53.6 Å². The second-order valence-electron chi connectivity index (χ2n) is 4.49. The van der Waals surface area contributed by atoms with E-state index in [1.165, 1.54) is 37.4 Å². The van der Waals surface area contributed by atoms with E-state index in [0.29, 0.717) is 0 Å². The molecule has 110 valence electrons. The van der Waals surface area contributed by atoms with Gasteiger partial charge in [-0.1, -0.05) is 17.7 Å². The molecule has 2 aromatic carbocycles. The number of benzene rings is 2. The van der Waals surface area contributed by atoms with E-state index >= 15 is 0 Å². The van der Waals surface area contributed by atoms with Gasteiger partial charge >= 0.3 is 5.97 Å².